The van der Waals surface area contributed by atoms with Gasteiger partial charge in [-0.2, -0.15) is 0 Å². The fourth-order valence-electron chi connectivity index (χ4n) is 2.57. The van der Waals surface area contributed by atoms with Crippen LogP contribution in [0.3, 0.4) is 0 Å². The summed E-state index contributed by atoms with van der Waals surface area (Å²) in [4.78, 5) is 12.8. The molecule has 0 heterocycles. The SMILES string of the molecule is CNc1cc(C(=O)c2ccccc2)c(NC)c(NC)c1NC. The number of ketones is 1. The number of nitrogens with one attached hydrogen (secondary N) is 4. The fraction of sp³-hybridized carbons (Fsp3) is 0.235. The van der Waals surface area contributed by atoms with Gasteiger partial charge in [0.2, 0.25) is 0 Å². The van der Waals surface area contributed by atoms with Gasteiger partial charge in [-0.25, -0.2) is 0 Å². The fourth-order valence-corrected chi connectivity index (χ4v) is 2.57. The largest absolute Gasteiger partial charge is 0.386 e. The van der Waals surface area contributed by atoms with Crippen LogP contribution >= 0.6 is 0 Å². The normalized spacial score (nSPS) is 10.0. The molecule has 4 N–H and O–H groups in total. The van der Waals surface area contributed by atoms with Gasteiger partial charge in [-0.3, -0.25) is 4.79 Å². The first kappa shape index (κ1) is 15.7. The quantitative estimate of drug-likeness (QED) is 0.617. The highest BCUT2D eigenvalue weighted by Gasteiger charge is 2.20. The van der Waals surface area contributed by atoms with E-state index in [0.29, 0.717) is 11.1 Å². The molecule has 2 aromatic rings. The van der Waals surface area contributed by atoms with Crippen molar-refractivity contribution in [1.29, 1.82) is 0 Å². The summed E-state index contributed by atoms with van der Waals surface area (Å²) in [5, 5.41) is 12.6. The highest BCUT2D eigenvalue weighted by Crippen LogP contribution is 2.40. The van der Waals surface area contributed by atoms with Crippen LogP contribution in [0.15, 0.2) is 36.4 Å². The molecule has 0 spiro atoms. The maximum Gasteiger partial charge on any atom is 0.195 e. The number of rotatable bonds is 6. The predicted molar refractivity (Wildman–Crippen MR) is 94.5 cm³/mol. The van der Waals surface area contributed by atoms with Gasteiger partial charge in [-0.05, 0) is 6.07 Å². The molecule has 0 aliphatic rings. The third-order valence-electron chi connectivity index (χ3n) is 3.63. The maximum absolute atomic E-state index is 12.8. The summed E-state index contributed by atoms with van der Waals surface area (Å²) < 4.78 is 0. The maximum atomic E-state index is 12.8. The van der Waals surface area contributed by atoms with Crippen molar-refractivity contribution in [2.45, 2.75) is 0 Å². The van der Waals surface area contributed by atoms with Crippen LogP contribution in [-0.4, -0.2) is 34.0 Å². The summed E-state index contributed by atoms with van der Waals surface area (Å²) in [6.45, 7) is 0. The highest BCUT2D eigenvalue weighted by molar-refractivity contribution is 6.16. The van der Waals surface area contributed by atoms with Gasteiger partial charge in [0.25, 0.3) is 0 Å². The minimum atomic E-state index is -0.0133. The molecule has 2 aromatic carbocycles. The first-order valence-electron chi connectivity index (χ1n) is 7.19. The van der Waals surface area contributed by atoms with Gasteiger partial charge in [0.15, 0.2) is 5.78 Å². The van der Waals surface area contributed by atoms with E-state index < -0.39 is 0 Å². The Labute approximate surface area is 131 Å². The summed E-state index contributed by atoms with van der Waals surface area (Å²) in [6.07, 6.45) is 0. The summed E-state index contributed by atoms with van der Waals surface area (Å²) in [7, 11) is 7.35. The van der Waals surface area contributed by atoms with Crippen LogP contribution in [-0.2, 0) is 0 Å². The van der Waals surface area contributed by atoms with Gasteiger partial charge < -0.3 is 21.3 Å². The molecule has 0 aliphatic carbocycles. The lowest BCUT2D eigenvalue weighted by Gasteiger charge is -2.21. The van der Waals surface area contributed by atoms with Crippen molar-refractivity contribution in [3.05, 3.63) is 47.5 Å². The second-order valence-corrected chi connectivity index (χ2v) is 4.79. The molecule has 5 nitrogen and oxygen atoms in total. The topological polar surface area (TPSA) is 65.2 Å². The van der Waals surface area contributed by atoms with Gasteiger partial charge in [0.1, 0.15) is 0 Å². The van der Waals surface area contributed by atoms with Crippen molar-refractivity contribution in [3.8, 4) is 0 Å². The van der Waals surface area contributed by atoms with E-state index in [0.717, 1.165) is 22.7 Å². The van der Waals surface area contributed by atoms with Crippen LogP contribution in [0.2, 0.25) is 0 Å². The van der Waals surface area contributed by atoms with Crippen molar-refractivity contribution in [2.24, 2.45) is 0 Å². The van der Waals surface area contributed by atoms with Crippen molar-refractivity contribution in [3.63, 3.8) is 0 Å². The Morgan fingerprint density at radius 2 is 1.36 bits per heavy atom. The Hall–Kier alpha value is -2.69. The molecule has 0 amide bonds. The molecule has 5 heteroatoms. The average Bonchev–Trinajstić information content (AvgIpc) is 2.59. The minimum absolute atomic E-state index is 0.0133. The minimum Gasteiger partial charge on any atom is -0.386 e. The third-order valence-corrected chi connectivity index (χ3v) is 3.63. The van der Waals surface area contributed by atoms with Crippen molar-refractivity contribution in [1.82, 2.24) is 0 Å². The average molecular weight is 298 g/mol. The van der Waals surface area contributed by atoms with E-state index in [1.54, 1.807) is 0 Å². The second-order valence-electron chi connectivity index (χ2n) is 4.79. The molecule has 0 saturated heterocycles. The predicted octanol–water partition coefficient (Wildman–Crippen LogP) is 3.08. The molecule has 2 rings (SSSR count). The molecule has 22 heavy (non-hydrogen) atoms. The van der Waals surface area contributed by atoms with Crippen molar-refractivity contribution in [2.75, 3.05) is 49.5 Å². The second kappa shape index (κ2) is 6.85. The zero-order chi connectivity index (χ0) is 16.1. The van der Waals surface area contributed by atoms with Crippen LogP contribution in [0.25, 0.3) is 0 Å². The van der Waals surface area contributed by atoms with Gasteiger partial charge in [0.05, 0.1) is 22.7 Å². The molecule has 0 bridgehead atoms. The first-order valence-corrected chi connectivity index (χ1v) is 7.19. The lowest BCUT2D eigenvalue weighted by molar-refractivity contribution is 0.103. The standard InChI is InChI=1S/C17H22N4O/c1-18-13-10-12(17(22)11-8-6-5-7-9-11)14(19-2)16(21-4)15(13)20-3/h5-10,18-21H,1-4H3. The Balaban J connectivity index is 2.67. The van der Waals surface area contributed by atoms with Crippen LogP contribution in [0.1, 0.15) is 15.9 Å². The first-order chi connectivity index (χ1) is 10.7. The number of carbonyl (C=O) groups is 1. The molecule has 0 aromatic heterocycles. The summed E-state index contributed by atoms with van der Waals surface area (Å²) in [5.74, 6) is -0.0133. The molecule has 0 saturated carbocycles. The van der Waals surface area contributed by atoms with E-state index in [1.165, 1.54) is 0 Å². The summed E-state index contributed by atoms with van der Waals surface area (Å²) >= 11 is 0. The van der Waals surface area contributed by atoms with Crippen LogP contribution in [0, 0.1) is 0 Å². The molecule has 0 fully saturated rings. The molecular formula is C17H22N4O. The lowest BCUT2D eigenvalue weighted by atomic mass is 9.98. The van der Waals surface area contributed by atoms with E-state index in [4.69, 9.17) is 0 Å². The molecule has 0 radical (unpaired) electrons. The smallest absolute Gasteiger partial charge is 0.195 e. The van der Waals surface area contributed by atoms with E-state index in [2.05, 4.69) is 21.3 Å². The zero-order valence-electron chi connectivity index (χ0n) is 13.4. The van der Waals surface area contributed by atoms with E-state index in [-0.39, 0.29) is 5.78 Å². The monoisotopic (exact) mass is 298 g/mol. The van der Waals surface area contributed by atoms with Gasteiger partial charge in [-0.15, -0.1) is 0 Å². The Kier molecular flexibility index (Phi) is 4.88. The van der Waals surface area contributed by atoms with E-state index >= 15 is 0 Å². The molecule has 0 aliphatic heterocycles. The third kappa shape index (κ3) is 2.70. The number of hydrogen-bond donors (Lipinski definition) is 4. The van der Waals surface area contributed by atoms with Gasteiger partial charge in [-0.1, -0.05) is 30.3 Å². The Morgan fingerprint density at radius 1 is 0.773 bits per heavy atom. The van der Waals surface area contributed by atoms with Crippen molar-refractivity contribution >= 4 is 28.5 Å². The van der Waals surface area contributed by atoms with E-state index in [1.807, 2.05) is 64.6 Å². The summed E-state index contributed by atoms with van der Waals surface area (Å²) in [6, 6.07) is 11.2. The highest BCUT2D eigenvalue weighted by atomic mass is 16.1. The number of hydrogen-bond acceptors (Lipinski definition) is 5. The zero-order valence-corrected chi connectivity index (χ0v) is 13.4. The molecule has 0 unspecified atom stereocenters. The molecule has 0 atom stereocenters. The number of carbonyl (C=O) groups excluding carboxylic acids is 1. The van der Waals surface area contributed by atoms with Crippen LogP contribution < -0.4 is 21.3 Å². The van der Waals surface area contributed by atoms with Crippen molar-refractivity contribution < 1.29 is 4.79 Å². The Morgan fingerprint density at radius 3 is 1.86 bits per heavy atom. The molecule has 116 valence electrons. The number of anilines is 4. The number of benzene rings is 2. The van der Waals surface area contributed by atoms with Gasteiger partial charge in [0, 0.05) is 39.3 Å². The van der Waals surface area contributed by atoms with E-state index in [9.17, 15) is 4.79 Å². The summed E-state index contributed by atoms with van der Waals surface area (Å²) in [5.41, 5.74) is 4.71. The van der Waals surface area contributed by atoms with Gasteiger partial charge >= 0.3 is 0 Å². The lowest BCUT2D eigenvalue weighted by Crippen LogP contribution is -2.11. The van der Waals surface area contributed by atoms with Crippen LogP contribution in [0.4, 0.5) is 22.7 Å². The molecular weight excluding hydrogens is 276 g/mol. The Bertz CT molecular complexity index is 668. The van der Waals surface area contributed by atoms with Crippen LogP contribution in [0.5, 0.6) is 0 Å².